The zero-order valence-corrected chi connectivity index (χ0v) is 10.4. The van der Waals surface area contributed by atoms with Crippen LogP contribution < -0.4 is 4.90 Å². The van der Waals surface area contributed by atoms with Crippen LogP contribution in [0.5, 0.6) is 0 Å². The largest absolute Gasteiger partial charge is 0.363 e. The van der Waals surface area contributed by atoms with Gasteiger partial charge in [0.05, 0.1) is 0 Å². The fourth-order valence-corrected chi connectivity index (χ4v) is 2.59. The van der Waals surface area contributed by atoms with E-state index in [2.05, 4.69) is 69.4 Å². The van der Waals surface area contributed by atoms with Crippen molar-refractivity contribution in [1.29, 1.82) is 0 Å². The highest BCUT2D eigenvalue weighted by Gasteiger charge is 2.18. The van der Waals surface area contributed by atoms with Crippen molar-refractivity contribution >= 4 is 21.6 Å². The maximum Gasteiger partial charge on any atom is 0.0437 e. The third-order valence-corrected chi connectivity index (χ3v) is 3.51. The van der Waals surface area contributed by atoms with Gasteiger partial charge in [-0.25, -0.2) is 0 Å². The molecule has 2 aromatic carbocycles. The van der Waals surface area contributed by atoms with Crippen LogP contribution in [0, 0.1) is 0 Å². The summed E-state index contributed by atoms with van der Waals surface area (Å²) in [5.41, 5.74) is 4.17. The molecule has 0 bridgehead atoms. The first-order valence-electron chi connectivity index (χ1n) is 5.40. The minimum atomic E-state index is 1.01. The van der Waals surface area contributed by atoms with Crippen LogP contribution >= 0.6 is 15.9 Å². The first-order chi connectivity index (χ1) is 7.83. The highest BCUT2D eigenvalue weighted by Crippen LogP contribution is 2.29. The van der Waals surface area contributed by atoms with Crippen molar-refractivity contribution in [2.24, 2.45) is 0 Å². The lowest BCUT2D eigenvalue weighted by atomic mass is 10.1. The molecule has 0 amide bonds. The van der Waals surface area contributed by atoms with E-state index in [-0.39, 0.29) is 0 Å². The molecule has 0 saturated carbocycles. The van der Waals surface area contributed by atoms with Crippen molar-refractivity contribution in [3.8, 4) is 0 Å². The average Bonchev–Trinajstić information content (AvgIpc) is 2.73. The molecule has 1 aliphatic rings. The van der Waals surface area contributed by atoms with Crippen LogP contribution in [0.1, 0.15) is 11.1 Å². The molecule has 0 fully saturated rings. The summed E-state index contributed by atoms with van der Waals surface area (Å²) in [5.74, 6) is 0. The molecular weight excluding hydrogens is 262 g/mol. The van der Waals surface area contributed by atoms with Gasteiger partial charge in [-0.1, -0.05) is 40.2 Å². The summed E-state index contributed by atoms with van der Waals surface area (Å²) in [4.78, 5) is 2.40. The molecule has 16 heavy (non-hydrogen) atoms. The molecular formula is C14H12BrN. The van der Waals surface area contributed by atoms with Gasteiger partial charge in [0.1, 0.15) is 0 Å². The van der Waals surface area contributed by atoms with Crippen LogP contribution in [0.2, 0.25) is 0 Å². The van der Waals surface area contributed by atoms with Gasteiger partial charge in [0, 0.05) is 23.2 Å². The van der Waals surface area contributed by atoms with Crippen LogP contribution in [0.25, 0.3) is 0 Å². The van der Waals surface area contributed by atoms with Gasteiger partial charge < -0.3 is 4.90 Å². The Labute approximate surface area is 104 Å². The van der Waals surface area contributed by atoms with Gasteiger partial charge in [0.25, 0.3) is 0 Å². The zero-order chi connectivity index (χ0) is 11.0. The smallest absolute Gasteiger partial charge is 0.0437 e. The molecule has 1 heterocycles. The number of fused-ring (bicyclic) bond motifs is 1. The molecule has 0 unspecified atom stereocenters. The fraction of sp³-hybridized carbons (Fsp3) is 0.143. The number of hydrogen-bond donors (Lipinski definition) is 0. The zero-order valence-electron chi connectivity index (χ0n) is 8.86. The first-order valence-corrected chi connectivity index (χ1v) is 6.19. The Hall–Kier alpha value is -1.28. The predicted octanol–water partition coefficient (Wildman–Crippen LogP) is 3.97. The number of para-hydroxylation sites is 1. The number of rotatable bonds is 1. The number of nitrogens with zero attached hydrogens (tertiary/aromatic N) is 1. The van der Waals surface area contributed by atoms with Gasteiger partial charge in [-0.2, -0.15) is 0 Å². The van der Waals surface area contributed by atoms with E-state index in [0.29, 0.717) is 0 Å². The lowest BCUT2D eigenvalue weighted by molar-refractivity contribution is 0.880. The molecule has 2 aromatic rings. The Morgan fingerprint density at radius 2 is 1.62 bits per heavy atom. The average molecular weight is 274 g/mol. The van der Waals surface area contributed by atoms with Crippen LogP contribution in [0.3, 0.4) is 0 Å². The van der Waals surface area contributed by atoms with Gasteiger partial charge >= 0.3 is 0 Å². The van der Waals surface area contributed by atoms with Gasteiger partial charge in [-0.3, -0.25) is 0 Å². The van der Waals surface area contributed by atoms with Crippen LogP contribution in [0.15, 0.2) is 53.0 Å². The summed E-state index contributed by atoms with van der Waals surface area (Å²) in [7, 11) is 0. The molecule has 80 valence electrons. The molecule has 0 N–H and O–H groups in total. The van der Waals surface area contributed by atoms with E-state index in [4.69, 9.17) is 0 Å². The van der Waals surface area contributed by atoms with E-state index in [0.717, 1.165) is 13.1 Å². The first kappa shape index (κ1) is 9.91. The summed E-state index contributed by atoms with van der Waals surface area (Å²) in [6, 6.07) is 17.1. The number of halogens is 1. The van der Waals surface area contributed by atoms with Crippen LogP contribution in [-0.2, 0) is 13.1 Å². The Bertz CT molecular complexity index is 507. The number of benzene rings is 2. The Kier molecular flexibility index (Phi) is 2.44. The maximum atomic E-state index is 3.52. The van der Waals surface area contributed by atoms with Crippen molar-refractivity contribution < 1.29 is 0 Å². The van der Waals surface area contributed by atoms with Crippen molar-refractivity contribution in [2.45, 2.75) is 13.1 Å². The highest BCUT2D eigenvalue weighted by molar-refractivity contribution is 9.10. The molecule has 0 aliphatic carbocycles. The van der Waals surface area contributed by atoms with Crippen molar-refractivity contribution in [3.05, 3.63) is 64.1 Å². The minimum Gasteiger partial charge on any atom is -0.363 e. The van der Waals surface area contributed by atoms with E-state index in [1.54, 1.807) is 0 Å². The fourth-order valence-electron chi connectivity index (χ4n) is 2.18. The normalized spacial score (nSPS) is 13.9. The second-order valence-electron chi connectivity index (χ2n) is 4.10. The third-order valence-electron chi connectivity index (χ3n) is 3.01. The van der Waals surface area contributed by atoms with Gasteiger partial charge in [0.2, 0.25) is 0 Å². The Balaban J connectivity index is 1.91. The SMILES string of the molecule is Brc1ccc2c(c1)CN(c1ccccc1)C2. The summed E-state index contributed by atoms with van der Waals surface area (Å²) in [5, 5.41) is 0. The molecule has 2 heteroatoms. The maximum absolute atomic E-state index is 3.52. The summed E-state index contributed by atoms with van der Waals surface area (Å²) >= 11 is 3.52. The molecule has 0 spiro atoms. The lowest BCUT2D eigenvalue weighted by Crippen LogP contribution is -2.13. The van der Waals surface area contributed by atoms with E-state index >= 15 is 0 Å². The molecule has 0 radical (unpaired) electrons. The molecule has 0 aromatic heterocycles. The molecule has 0 atom stereocenters. The molecule has 1 aliphatic heterocycles. The Morgan fingerprint density at radius 1 is 0.875 bits per heavy atom. The second-order valence-corrected chi connectivity index (χ2v) is 5.02. The van der Waals surface area contributed by atoms with Crippen molar-refractivity contribution in [1.82, 2.24) is 0 Å². The lowest BCUT2D eigenvalue weighted by Gasteiger charge is -2.17. The standard InChI is InChI=1S/C14H12BrN/c15-13-7-6-11-9-16(10-12(11)8-13)14-4-2-1-3-5-14/h1-8H,9-10H2. The molecule has 3 rings (SSSR count). The van der Waals surface area contributed by atoms with E-state index in [1.165, 1.54) is 21.3 Å². The quantitative estimate of drug-likeness (QED) is 0.760. The van der Waals surface area contributed by atoms with Crippen LogP contribution in [-0.4, -0.2) is 0 Å². The minimum absolute atomic E-state index is 1.01. The van der Waals surface area contributed by atoms with E-state index in [1.807, 2.05) is 0 Å². The van der Waals surface area contributed by atoms with Gasteiger partial charge in [-0.05, 0) is 35.4 Å². The highest BCUT2D eigenvalue weighted by atomic mass is 79.9. The Morgan fingerprint density at radius 3 is 2.44 bits per heavy atom. The van der Waals surface area contributed by atoms with E-state index in [9.17, 15) is 0 Å². The molecule has 0 saturated heterocycles. The monoisotopic (exact) mass is 273 g/mol. The second kappa shape index (κ2) is 3.95. The summed E-state index contributed by atoms with van der Waals surface area (Å²) in [6.07, 6.45) is 0. The van der Waals surface area contributed by atoms with Crippen LogP contribution in [0.4, 0.5) is 5.69 Å². The number of anilines is 1. The van der Waals surface area contributed by atoms with E-state index < -0.39 is 0 Å². The number of hydrogen-bond acceptors (Lipinski definition) is 1. The topological polar surface area (TPSA) is 3.24 Å². The predicted molar refractivity (Wildman–Crippen MR) is 70.5 cm³/mol. The summed E-state index contributed by atoms with van der Waals surface area (Å²) < 4.78 is 1.17. The van der Waals surface area contributed by atoms with Gasteiger partial charge in [-0.15, -0.1) is 0 Å². The third kappa shape index (κ3) is 1.74. The molecule has 1 nitrogen and oxygen atoms in total. The van der Waals surface area contributed by atoms with Crippen molar-refractivity contribution in [2.75, 3.05) is 4.90 Å². The van der Waals surface area contributed by atoms with Gasteiger partial charge in [0.15, 0.2) is 0 Å². The van der Waals surface area contributed by atoms with Crippen molar-refractivity contribution in [3.63, 3.8) is 0 Å². The summed E-state index contributed by atoms with van der Waals surface area (Å²) in [6.45, 7) is 2.03.